The lowest BCUT2D eigenvalue weighted by molar-refractivity contribution is -0.132. The third-order valence-electron chi connectivity index (χ3n) is 4.37. The fraction of sp³-hybridized carbons (Fsp3) is 0.353. The summed E-state index contributed by atoms with van der Waals surface area (Å²) in [6.45, 7) is 5.54. The lowest BCUT2D eigenvalue weighted by atomic mass is 10.3. The molecule has 4 rings (SSSR count). The summed E-state index contributed by atoms with van der Waals surface area (Å²) >= 11 is 1.57. The summed E-state index contributed by atoms with van der Waals surface area (Å²) in [5, 5.41) is 3.28. The minimum absolute atomic E-state index is 0.142. The minimum Gasteiger partial charge on any atom is -0.339 e. The lowest BCUT2D eigenvalue weighted by Gasteiger charge is -2.27. The summed E-state index contributed by atoms with van der Waals surface area (Å²) in [6, 6.07) is 7.97. The van der Waals surface area contributed by atoms with Gasteiger partial charge in [-0.2, -0.15) is 0 Å². The molecule has 0 atom stereocenters. The molecular weight excluding hydrogens is 322 g/mol. The fourth-order valence-electron chi connectivity index (χ4n) is 3.07. The molecule has 0 radical (unpaired) electrons. The number of benzene rings is 1. The number of rotatable bonds is 3. The van der Waals surface area contributed by atoms with Crippen LogP contribution in [0.2, 0.25) is 0 Å². The second kappa shape index (κ2) is 6.33. The van der Waals surface area contributed by atoms with E-state index in [1.165, 1.54) is 0 Å². The van der Waals surface area contributed by atoms with Gasteiger partial charge in [0.05, 0.1) is 27.1 Å². The molecule has 3 heterocycles. The average Bonchev–Trinajstić information content (AvgIpc) is 3.19. The van der Waals surface area contributed by atoms with Gasteiger partial charge < -0.3 is 14.8 Å². The zero-order chi connectivity index (χ0) is 16.5. The minimum atomic E-state index is 0.142. The largest absolute Gasteiger partial charge is 0.339 e. The van der Waals surface area contributed by atoms with E-state index < -0.39 is 0 Å². The van der Waals surface area contributed by atoms with E-state index in [4.69, 9.17) is 4.98 Å². The Hall–Kier alpha value is -2.25. The number of aryl methyl sites for hydroxylation is 1. The predicted molar refractivity (Wildman–Crippen MR) is 95.0 cm³/mol. The monoisotopic (exact) mass is 341 g/mol. The number of nitrogens with one attached hydrogen (secondary N) is 1. The van der Waals surface area contributed by atoms with E-state index >= 15 is 0 Å². The van der Waals surface area contributed by atoms with Gasteiger partial charge in [0.2, 0.25) is 5.91 Å². The van der Waals surface area contributed by atoms with Crippen LogP contribution in [0.3, 0.4) is 0 Å². The molecule has 1 aliphatic rings. The summed E-state index contributed by atoms with van der Waals surface area (Å²) in [6.07, 6.45) is 0. The quantitative estimate of drug-likeness (QED) is 0.790. The van der Waals surface area contributed by atoms with Crippen LogP contribution in [0.25, 0.3) is 21.7 Å². The summed E-state index contributed by atoms with van der Waals surface area (Å²) in [7, 11) is 0. The Morgan fingerprint density at radius 1 is 1.29 bits per heavy atom. The van der Waals surface area contributed by atoms with Crippen molar-refractivity contribution in [2.75, 3.05) is 26.2 Å². The number of para-hydroxylation sites is 2. The Balaban J connectivity index is 1.75. The molecule has 24 heavy (non-hydrogen) atoms. The van der Waals surface area contributed by atoms with Crippen LogP contribution in [0.1, 0.15) is 5.69 Å². The molecule has 1 fully saturated rings. The average molecular weight is 341 g/mol. The lowest BCUT2D eigenvalue weighted by Crippen LogP contribution is -2.47. The Bertz CT molecular complexity index is 878. The van der Waals surface area contributed by atoms with Crippen molar-refractivity contribution in [1.82, 2.24) is 24.8 Å². The highest BCUT2D eigenvalue weighted by molar-refractivity contribution is 7.13. The van der Waals surface area contributed by atoms with E-state index in [0.717, 1.165) is 53.6 Å². The number of nitrogens with zero attached hydrogens (tertiary/aromatic N) is 4. The summed E-state index contributed by atoms with van der Waals surface area (Å²) in [5.41, 5.74) is 4.68. The number of hydrogen-bond donors (Lipinski definition) is 1. The van der Waals surface area contributed by atoms with Gasteiger partial charge in [0.1, 0.15) is 6.54 Å². The van der Waals surface area contributed by atoms with Crippen LogP contribution in [0, 0.1) is 6.92 Å². The second-order valence-electron chi connectivity index (χ2n) is 5.91. The molecule has 1 amide bonds. The zero-order valence-corrected chi connectivity index (χ0v) is 14.3. The molecule has 7 heteroatoms. The van der Waals surface area contributed by atoms with Crippen LogP contribution in [-0.2, 0) is 11.3 Å². The van der Waals surface area contributed by atoms with Crippen molar-refractivity contribution in [3.63, 3.8) is 0 Å². The number of hydrogen-bond acceptors (Lipinski definition) is 5. The Labute approximate surface area is 144 Å². The highest BCUT2D eigenvalue weighted by Crippen LogP contribution is 2.30. The first-order valence-electron chi connectivity index (χ1n) is 8.08. The number of carbonyl (C=O) groups is 1. The number of piperazine rings is 1. The normalized spacial score (nSPS) is 15.1. The van der Waals surface area contributed by atoms with E-state index in [1.54, 1.807) is 11.3 Å². The summed E-state index contributed by atoms with van der Waals surface area (Å²) in [4.78, 5) is 24.8. The van der Waals surface area contributed by atoms with Crippen LogP contribution < -0.4 is 5.32 Å². The summed E-state index contributed by atoms with van der Waals surface area (Å²) < 4.78 is 2.03. The maximum absolute atomic E-state index is 12.8. The van der Waals surface area contributed by atoms with Crippen molar-refractivity contribution >= 4 is 28.3 Å². The molecule has 0 saturated carbocycles. The van der Waals surface area contributed by atoms with Crippen molar-refractivity contribution in [3.05, 3.63) is 35.5 Å². The van der Waals surface area contributed by atoms with Gasteiger partial charge in [0, 0.05) is 26.2 Å². The van der Waals surface area contributed by atoms with Crippen molar-refractivity contribution in [3.8, 4) is 10.7 Å². The molecule has 2 aromatic heterocycles. The molecule has 0 aliphatic carbocycles. The van der Waals surface area contributed by atoms with Crippen molar-refractivity contribution in [2.24, 2.45) is 0 Å². The third-order valence-corrected chi connectivity index (χ3v) is 5.29. The molecule has 1 saturated heterocycles. The number of aromatic nitrogens is 3. The molecular formula is C17H19N5OS. The van der Waals surface area contributed by atoms with Gasteiger partial charge in [-0.05, 0) is 19.1 Å². The van der Waals surface area contributed by atoms with Gasteiger partial charge in [0.25, 0.3) is 0 Å². The first-order chi connectivity index (χ1) is 11.7. The fourth-order valence-corrected chi connectivity index (χ4v) is 3.88. The van der Waals surface area contributed by atoms with Crippen LogP contribution in [0.4, 0.5) is 0 Å². The SMILES string of the molecule is Cc1ncsc1-c1nc2ccccc2n1CC(=O)N1CCNCC1. The van der Waals surface area contributed by atoms with E-state index in [9.17, 15) is 4.79 Å². The standard InChI is InChI=1S/C17H19N5OS/c1-12-16(24-11-19-12)17-20-13-4-2-3-5-14(13)22(17)10-15(23)21-8-6-18-7-9-21/h2-5,11,18H,6-10H2,1H3. The molecule has 1 N–H and O–H groups in total. The Morgan fingerprint density at radius 3 is 2.83 bits per heavy atom. The Morgan fingerprint density at radius 2 is 2.08 bits per heavy atom. The second-order valence-corrected chi connectivity index (χ2v) is 6.76. The van der Waals surface area contributed by atoms with Crippen LogP contribution in [0.15, 0.2) is 29.8 Å². The molecule has 124 valence electrons. The van der Waals surface area contributed by atoms with Gasteiger partial charge in [-0.3, -0.25) is 4.79 Å². The Kier molecular flexibility index (Phi) is 4.03. The zero-order valence-electron chi connectivity index (χ0n) is 13.5. The number of thiazole rings is 1. The third kappa shape index (κ3) is 2.70. The smallest absolute Gasteiger partial charge is 0.242 e. The van der Waals surface area contributed by atoms with E-state index in [0.29, 0.717) is 6.54 Å². The van der Waals surface area contributed by atoms with E-state index in [-0.39, 0.29) is 5.91 Å². The van der Waals surface area contributed by atoms with Crippen molar-refractivity contribution in [2.45, 2.75) is 13.5 Å². The highest BCUT2D eigenvalue weighted by atomic mass is 32.1. The molecule has 0 unspecified atom stereocenters. The maximum atomic E-state index is 12.8. The van der Waals surface area contributed by atoms with Gasteiger partial charge in [-0.15, -0.1) is 11.3 Å². The molecule has 1 aromatic carbocycles. The van der Waals surface area contributed by atoms with Gasteiger partial charge >= 0.3 is 0 Å². The molecule has 0 spiro atoms. The van der Waals surface area contributed by atoms with Crippen molar-refractivity contribution < 1.29 is 4.79 Å². The van der Waals surface area contributed by atoms with Crippen LogP contribution in [-0.4, -0.2) is 51.5 Å². The van der Waals surface area contributed by atoms with Gasteiger partial charge in [-0.25, -0.2) is 9.97 Å². The maximum Gasteiger partial charge on any atom is 0.242 e. The number of fused-ring (bicyclic) bond motifs is 1. The first-order valence-corrected chi connectivity index (χ1v) is 8.96. The number of carbonyl (C=O) groups excluding carboxylic acids is 1. The number of imidazole rings is 1. The highest BCUT2D eigenvalue weighted by Gasteiger charge is 2.21. The first kappa shape index (κ1) is 15.3. The van der Waals surface area contributed by atoms with Crippen molar-refractivity contribution in [1.29, 1.82) is 0 Å². The van der Waals surface area contributed by atoms with Crippen LogP contribution >= 0.6 is 11.3 Å². The van der Waals surface area contributed by atoms with Crippen LogP contribution in [0.5, 0.6) is 0 Å². The van der Waals surface area contributed by atoms with E-state index in [1.807, 2.05) is 46.2 Å². The summed E-state index contributed by atoms with van der Waals surface area (Å²) in [5.74, 6) is 0.975. The van der Waals surface area contributed by atoms with Gasteiger partial charge in [-0.1, -0.05) is 12.1 Å². The van der Waals surface area contributed by atoms with E-state index in [2.05, 4.69) is 10.3 Å². The topological polar surface area (TPSA) is 63.1 Å². The van der Waals surface area contributed by atoms with Gasteiger partial charge in [0.15, 0.2) is 5.82 Å². The predicted octanol–water partition coefficient (Wildman–Crippen LogP) is 1.90. The number of amides is 1. The molecule has 0 bridgehead atoms. The molecule has 1 aliphatic heterocycles. The molecule has 6 nitrogen and oxygen atoms in total. The molecule has 3 aromatic rings.